The van der Waals surface area contributed by atoms with Crippen molar-refractivity contribution in [2.24, 2.45) is 0 Å². The van der Waals surface area contributed by atoms with Crippen LogP contribution in [0.25, 0.3) is 0 Å². The minimum Gasteiger partial charge on any atom is -0.399 e. The van der Waals surface area contributed by atoms with E-state index < -0.39 is 0 Å². The summed E-state index contributed by atoms with van der Waals surface area (Å²) in [4.78, 5) is 25.6. The maximum absolute atomic E-state index is 12.4. The first-order valence-corrected chi connectivity index (χ1v) is 7.27. The second kappa shape index (κ2) is 7.28. The van der Waals surface area contributed by atoms with Crippen molar-refractivity contribution in [2.75, 3.05) is 18.8 Å². The molecule has 3 N–H and O–H groups in total. The quantitative estimate of drug-likeness (QED) is 0.804. The summed E-state index contributed by atoms with van der Waals surface area (Å²) in [5.41, 5.74) is 6.70. The molecule has 1 aromatic rings. The molecule has 1 aromatic carbocycles. The fourth-order valence-electron chi connectivity index (χ4n) is 1.79. The zero-order valence-corrected chi connectivity index (χ0v) is 13.5. The van der Waals surface area contributed by atoms with Crippen LogP contribution in [-0.4, -0.2) is 35.8 Å². The van der Waals surface area contributed by atoms with Crippen molar-refractivity contribution in [1.82, 2.24) is 10.2 Å². The number of nitrogens with one attached hydrogen (secondary N) is 1. The fraction of sp³-hybridized carbons (Fsp3) is 0.429. The lowest BCUT2D eigenvalue weighted by molar-refractivity contribution is -0.122. The highest BCUT2D eigenvalue weighted by Gasteiger charge is 2.18. The van der Waals surface area contributed by atoms with Crippen molar-refractivity contribution in [3.05, 3.63) is 28.2 Å². The molecule has 0 atom stereocenters. The van der Waals surface area contributed by atoms with E-state index in [9.17, 15) is 9.59 Å². The zero-order valence-electron chi connectivity index (χ0n) is 11.9. The Hall–Kier alpha value is -1.56. The lowest BCUT2D eigenvalue weighted by Gasteiger charge is -2.21. The molecule has 0 heterocycles. The van der Waals surface area contributed by atoms with Gasteiger partial charge in [-0.1, -0.05) is 15.9 Å². The van der Waals surface area contributed by atoms with Crippen LogP contribution in [0.4, 0.5) is 5.69 Å². The third kappa shape index (κ3) is 4.85. The van der Waals surface area contributed by atoms with Crippen molar-refractivity contribution in [1.29, 1.82) is 0 Å². The Morgan fingerprint density at radius 1 is 1.35 bits per heavy atom. The van der Waals surface area contributed by atoms with E-state index in [2.05, 4.69) is 21.2 Å². The largest absolute Gasteiger partial charge is 0.399 e. The molecule has 0 saturated heterocycles. The van der Waals surface area contributed by atoms with Crippen LogP contribution in [0.2, 0.25) is 0 Å². The summed E-state index contributed by atoms with van der Waals surface area (Å²) in [6, 6.07) is 5.08. The highest BCUT2D eigenvalue weighted by Crippen LogP contribution is 2.18. The van der Waals surface area contributed by atoms with Gasteiger partial charge in [0, 0.05) is 28.3 Å². The van der Waals surface area contributed by atoms with E-state index >= 15 is 0 Å². The molecule has 0 radical (unpaired) electrons. The predicted octanol–water partition coefficient (Wildman–Crippen LogP) is 2.02. The number of hydrogen-bond acceptors (Lipinski definition) is 3. The van der Waals surface area contributed by atoms with Gasteiger partial charge in [0.15, 0.2) is 0 Å². The molecule has 0 spiro atoms. The molecule has 0 aliphatic rings. The minimum absolute atomic E-state index is 0.0416. The number of carbonyl (C=O) groups is 2. The Labute approximate surface area is 127 Å². The standard InChI is InChI=1S/C14H20BrN3O2/c1-4-18(8-13(19)17-9(2)3)14(20)10-5-11(15)7-12(16)6-10/h5-7,9H,4,8,16H2,1-3H3,(H,17,19). The normalized spacial score (nSPS) is 10.4. The molecule has 5 nitrogen and oxygen atoms in total. The number of likely N-dealkylation sites (N-methyl/N-ethyl adjacent to an activating group) is 1. The van der Waals surface area contributed by atoms with Crippen LogP contribution < -0.4 is 11.1 Å². The summed E-state index contributed by atoms with van der Waals surface area (Å²) < 4.78 is 0.739. The van der Waals surface area contributed by atoms with Crippen molar-refractivity contribution in [2.45, 2.75) is 26.8 Å². The second-order valence-electron chi connectivity index (χ2n) is 4.81. The third-order valence-electron chi connectivity index (χ3n) is 2.62. The minimum atomic E-state index is -0.209. The van der Waals surface area contributed by atoms with E-state index in [0.29, 0.717) is 17.8 Å². The number of hydrogen-bond donors (Lipinski definition) is 2. The summed E-state index contributed by atoms with van der Waals surface area (Å²) in [7, 11) is 0. The van der Waals surface area contributed by atoms with E-state index in [1.807, 2.05) is 20.8 Å². The smallest absolute Gasteiger partial charge is 0.254 e. The second-order valence-corrected chi connectivity index (χ2v) is 5.73. The number of benzene rings is 1. The highest BCUT2D eigenvalue weighted by molar-refractivity contribution is 9.10. The van der Waals surface area contributed by atoms with E-state index in [4.69, 9.17) is 5.73 Å². The molecule has 1 rings (SSSR count). The van der Waals surface area contributed by atoms with Crippen LogP contribution in [0.5, 0.6) is 0 Å². The van der Waals surface area contributed by atoms with Crippen molar-refractivity contribution < 1.29 is 9.59 Å². The zero-order chi connectivity index (χ0) is 15.3. The third-order valence-corrected chi connectivity index (χ3v) is 3.08. The first-order valence-electron chi connectivity index (χ1n) is 6.48. The number of halogens is 1. The van der Waals surface area contributed by atoms with Crippen LogP contribution in [0.15, 0.2) is 22.7 Å². The molecule has 0 aliphatic heterocycles. The molecule has 20 heavy (non-hydrogen) atoms. The molecule has 110 valence electrons. The summed E-state index contributed by atoms with van der Waals surface area (Å²) in [6.07, 6.45) is 0. The maximum atomic E-state index is 12.4. The van der Waals surface area contributed by atoms with Gasteiger partial charge in [0.25, 0.3) is 5.91 Å². The van der Waals surface area contributed by atoms with E-state index in [0.717, 1.165) is 4.47 Å². The Morgan fingerprint density at radius 2 is 2.00 bits per heavy atom. The Morgan fingerprint density at radius 3 is 2.50 bits per heavy atom. The monoisotopic (exact) mass is 341 g/mol. The predicted molar refractivity (Wildman–Crippen MR) is 83.4 cm³/mol. The molecule has 0 aliphatic carbocycles. The van der Waals surface area contributed by atoms with Crippen LogP contribution in [0.3, 0.4) is 0 Å². The molecule has 0 bridgehead atoms. The molecule has 2 amide bonds. The Balaban J connectivity index is 2.83. The molecular weight excluding hydrogens is 322 g/mol. The van der Waals surface area contributed by atoms with Crippen LogP contribution in [0, 0.1) is 0 Å². The molecule has 0 unspecified atom stereocenters. The molecule has 6 heteroatoms. The lowest BCUT2D eigenvalue weighted by Crippen LogP contribution is -2.42. The average Bonchev–Trinajstić information content (AvgIpc) is 2.33. The molecule has 0 aromatic heterocycles. The molecule has 0 saturated carbocycles. The van der Waals surface area contributed by atoms with Gasteiger partial charge in [-0.25, -0.2) is 0 Å². The first kappa shape index (κ1) is 16.5. The van der Waals surface area contributed by atoms with Crippen molar-refractivity contribution in [3.63, 3.8) is 0 Å². The Bertz CT molecular complexity index is 483. The van der Waals surface area contributed by atoms with Gasteiger partial charge in [-0.15, -0.1) is 0 Å². The topological polar surface area (TPSA) is 75.4 Å². The summed E-state index contributed by atoms with van der Waals surface area (Å²) in [5.74, 6) is -0.377. The number of nitrogen functional groups attached to an aromatic ring is 1. The van der Waals surface area contributed by atoms with Gasteiger partial charge < -0.3 is 16.0 Å². The maximum Gasteiger partial charge on any atom is 0.254 e. The fourth-order valence-corrected chi connectivity index (χ4v) is 2.30. The van der Waals surface area contributed by atoms with Gasteiger partial charge in [0.1, 0.15) is 0 Å². The van der Waals surface area contributed by atoms with Crippen molar-refractivity contribution >= 4 is 33.4 Å². The van der Waals surface area contributed by atoms with Crippen molar-refractivity contribution in [3.8, 4) is 0 Å². The SMILES string of the molecule is CCN(CC(=O)NC(C)C)C(=O)c1cc(N)cc(Br)c1. The molecule has 0 fully saturated rings. The highest BCUT2D eigenvalue weighted by atomic mass is 79.9. The van der Waals surface area contributed by atoms with Crippen LogP contribution in [0.1, 0.15) is 31.1 Å². The van der Waals surface area contributed by atoms with Gasteiger partial charge in [-0.3, -0.25) is 9.59 Å². The number of nitrogens with two attached hydrogens (primary N) is 1. The van der Waals surface area contributed by atoms with E-state index in [1.54, 1.807) is 18.2 Å². The summed E-state index contributed by atoms with van der Waals surface area (Å²) in [5, 5.41) is 2.77. The van der Waals surface area contributed by atoms with Crippen LogP contribution in [-0.2, 0) is 4.79 Å². The van der Waals surface area contributed by atoms with Gasteiger partial charge >= 0.3 is 0 Å². The van der Waals surface area contributed by atoms with Gasteiger partial charge in [-0.2, -0.15) is 0 Å². The number of carbonyl (C=O) groups excluding carboxylic acids is 2. The van der Waals surface area contributed by atoms with Gasteiger partial charge in [0.05, 0.1) is 6.54 Å². The first-order chi connectivity index (χ1) is 9.33. The molecular formula is C14H20BrN3O2. The summed E-state index contributed by atoms with van der Waals surface area (Å²) >= 11 is 3.31. The summed E-state index contributed by atoms with van der Waals surface area (Å²) in [6.45, 7) is 6.09. The van der Waals surface area contributed by atoms with Gasteiger partial charge in [-0.05, 0) is 39.0 Å². The number of rotatable bonds is 5. The number of amides is 2. The van der Waals surface area contributed by atoms with Crippen LogP contribution >= 0.6 is 15.9 Å². The average molecular weight is 342 g/mol. The number of anilines is 1. The lowest BCUT2D eigenvalue weighted by atomic mass is 10.1. The number of nitrogens with zero attached hydrogens (tertiary/aromatic N) is 1. The Kier molecular flexibility index (Phi) is 6.01. The van der Waals surface area contributed by atoms with E-state index in [-0.39, 0.29) is 24.4 Å². The van der Waals surface area contributed by atoms with E-state index in [1.165, 1.54) is 4.90 Å². The van der Waals surface area contributed by atoms with Gasteiger partial charge in [0.2, 0.25) is 5.91 Å².